The van der Waals surface area contributed by atoms with E-state index in [0.717, 1.165) is 0 Å². The molecule has 0 aliphatic rings. The number of nitrogens with zero attached hydrogens (tertiary/aromatic N) is 2. The molecule has 0 bridgehead atoms. The molecule has 16 heavy (non-hydrogen) atoms. The third-order valence-electron chi connectivity index (χ3n) is 1.99. The van der Waals surface area contributed by atoms with Crippen molar-refractivity contribution in [2.45, 2.75) is 6.18 Å². The van der Waals surface area contributed by atoms with E-state index in [0.29, 0.717) is 5.69 Å². The third kappa shape index (κ3) is 1.71. The highest BCUT2D eigenvalue weighted by Gasteiger charge is 2.36. The maximum atomic E-state index is 12.4. The fourth-order valence-corrected chi connectivity index (χ4v) is 1.26. The molecule has 0 amide bonds. The minimum absolute atomic E-state index is 0.00734. The standard InChI is InChI=1S/C9H7F3N4/c10-9(11,12)8-6(13)7(15-16-8)5-3-1-2-4-14-5/h1-4H,13H2,(H,15,16). The van der Waals surface area contributed by atoms with Gasteiger partial charge in [-0.1, -0.05) is 6.07 Å². The van der Waals surface area contributed by atoms with Gasteiger partial charge in [-0.15, -0.1) is 0 Å². The van der Waals surface area contributed by atoms with E-state index >= 15 is 0 Å². The first-order valence-electron chi connectivity index (χ1n) is 4.32. The number of nitrogens with two attached hydrogens (primary N) is 1. The maximum absolute atomic E-state index is 12.4. The summed E-state index contributed by atoms with van der Waals surface area (Å²) in [4.78, 5) is 3.88. The number of alkyl halides is 3. The van der Waals surface area contributed by atoms with Crippen molar-refractivity contribution < 1.29 is 13.2 Å². The van der Waals surface area contributed by atoms with Crippen LogP contribution in [0.25, 0.3) is 11.4 Å². The van der Waals surface area contributed by atoms with Crippen LogP contribution in [0, 0.1) is 0 Å². The summed E-state index contributed by atoms with van der Waals surface area (Å²) in [6.45, 7) is 0. The Labute approximate surface area is 88.3 Å². The van der Waals surface area contributed by atoms with E-state index in [9.17, 15) is 13.2 Å². The highest BCUT2D eigenvalue weighted by atomic mass is 19.4. The fraction of sp³-hybridized carbons (Fsp3) is 0.111. The normalized spacial score (nSPS) is 11.7. The number of pyridine rings is 1. The zero-order valence-electron chi connectivity index (χ0n) is 7.92. The summed E-state index contributed by atoms with van der Waals surface area (Å²) >= 11 is 0. The van der Waals surface area contributed by atoms with Crippen LogP contribution in [-0.4, -0.2) is 15.2 Å². The summed E-state index contributed by atoms with van der Waals surface area (Å²) in [7, 11) is 0. The number of hydrogen-bond donors (Lipinski definition) is 2. The maximum Gasteiger partial charge on any atom is 0.434 e. The van der Waals surface area contributed by atoms with Crippen molar-refractivity contribution in [2.24, 2.45) is 0 Å². The second-order valence-electron chi connectivity index (χ2n) is 3.07. The molecule has 0 aliphatic carbocycles. The van der Waals surface area contributed by atoms with Crippen LogP contribution in [0.4, 0.5) is 18.9 Å². The van der Waals surface area contributed by atoms with Crippen LogP contribution in [0.5, 0.6) is 0 Å². The van der Waals surface area contributed by atoms with Gasteiger partial charge in [-0.05, 0) is 12.1 Å². The molecule has 2 heterocycles. The van der Waals surface area contributed by atoms with Gasteiger partial charge in [0.1, 0.15) is 5.69 Å². The van der Waals surface area contributed by atoms with Crippen LogP contribution < -0.4 is 5.73 Å². The molecular formula is C9H7F3N4. The summed E-state index contributed by atoms with van der Waals surface area (Å²) in [6, 6.07) is 4.83. The van der Waals surface area contributed by atoms with Crippen molar-refractivity contribution in [3.05, 3.63) is 30.1 Å². The highest BCUT2D eigenvalue weighted by molar-refractivity contribution is 5.71. The summed E-state index contributed by atoms with van der Waals surface area (Å²) in [5.41, 5.74) is 4.19. The molecule has 0 saturated carbocycles. The van der Waals surface area contributed by atoms with E-state index in [-0.39, 0.29) is 5.69 Å². The number of halogens is 3. The second-order valence-corrected chi connectivity index (χ2v) is 3.07. The molecule has 3 N–H and O–H groups in total. The lowest BCUT2D eigenvalue weighted by Crippen LogP contribution is -2.08. The largest absolute Gasteiger partial charge is 0.434 e. The lowest BCUT2D eigenvalue weighted by atomic mass is 10.2. The van der Waals surface area contributed by atoms with E-state index in [1.54, 1.807) is 12.1 Å². The molecule has 0 radical (unpaired) electrons. The smallest absolute Gasteiger partial charge is 0.395 e. The van der Waals surface area contributed by atoms with Gasteiger partial charge in [0.25, 0.3) is 0 Å². The minimum atomic E-state index is -4.54. The molecule has 2 rings (SSSR count). The van der Waals surface area contributed by atoms with E-state index < -0.39 is 17.6 Å². The van der Waals surface area contributed by atoms with Gasteiger partial charge in [0.05, 0.1) is 11.4 Å². The molecule has 0 unspecified atom stereocenters. The lowest BCUT2D eigenvalue weighted by Gasteiger charge is -2.03. The van der Waals surface area contributed by atoms with Gasteiger partial charge in [0.2, 0.25) is 0 Å². The van der Waals surface area contributed by atoms with Gasteiger partial charge in [0, 0.05) is 6.20 Å². The van der Waals surface area contributed by atoms with Gasteiger partial charge in [-0.3, -0.25) is 10.1 Å². The van der Waals surface area contributed by atoms with E-state index in [4.69, 9.17) is 5.73 Å². The molecule has 0 aromatic carbocycles. The number of aromatic nitrogens is 3. The van der Waals surface area contributed by atoms with Gasteiger partial charge >= 0.3 is 6.18 Å². The van der Waals surface area contributed by atoms with Crippen LogP contribution in [-0.2, 0) is 6.18 Å². The predicted molar refractivity (Wildman–Crippen MR) is 51.2 cm³/mol. The van der Waals surface area contributed by atoms with Crippen LogP contribution in [0.2, 0.25) is 0 Å². The Kier molecular flexibility index (Phi) is 2.30. The third-order valence-corrected chi connectivity index (χ3v) is 1.99. The van der Waals surface area contributed by atoms with Crippen LogP contribution in [0.3, 0.4) is 0 Å². The average Bonchev–Trinajstić information content (AvgIpc) is 2.61. The summed E-state index contributed by atoms with van der Waals surface area (Å²) in [5.74, 6) is 0. The zero-order chi connectivity index (χ0) is 11.8. The molecule has 0 atom stereocenters. The van der Waals surface area contributed by atoms with Crippen LogP contribution in [0.1, 0.15) is 5.69 Å². The minimum Gasteiger partial charge on any atom is -0.395 e. The molecule has 0 fully saturated rings. The summed E-state index contributed by atoms with van der Waals surface area (Å²) in [5, 5.41) is 5.39. The number of rotatable bonds is 1. The quantitative estimate of drug-likeness (QED) is 0.785. The van der Waals surface area contributed by atoms with Crippen molar-refractivity contribution in [1.82, 2.24) is 15.2 Å². The van der Waals surface area contributed by atoms with Crippen LogP contribution >= 0.6 is 0 Å². The first kappa shape index (κ1) is 10.5. The number of nitrogens with one attached hydrogen (secondary N) is 1. The SMILES string of the molecule is Nc1c(-c2ccccn2)n[nH]c1C(F)(F)F. The molecule has 0 saturated heterocycles. The lowest BCUT2D eigenvalue weighted by molar-refractivity contribution is -0.140. The Morgan fingerprint density at radius 1 is 1.25 bits per heavy atom. The van der Waals surface area contributed by atoms with Gasteiger partial charge in [-0.25, -0.2) is 0 Å². The molecular weight excluding hydrogens is 221 g/mol. The van der Waals surface area contributed by atoms with Gasteiger partial charge in [0.15, 0.2) is 5.69 Å². The number of H-pyrrole nitrogens is 1. The van der Waals surface area contributed by atoms with Crippen molar-refractivity contribution in [1.29, 1.82) is 0 Å². The molecule has 84 valence electrons. The Bertz CT molecular complexity index is 489. The predicted octanol–water partition coefficient (Wildman–Crippen LogP) is 2.07. The monoisotopic (exact) mass is 228 g/mol. The number of anilines is 1. The van der Waals surface area contributed by atoms with Gasteiger partial charge < -0.3 is 5.73 Å². The first-order chi connectivity index (χ1) is 7.50. The Balaban J connectivity index is 2.50. The van der Waals surface area contributed by atoms with Crippen LogP contribution in [0.15, 0.2) is 24.4 Å². The summed E-state index contributed by atoms with van der Waals surface area (Å²) in [6.07, 6.45) is -3.08. The highest BCUT2D eigenvalue weighted by Crippen LogP contribution is 2.35. The topological polar surface area (TPSA) is 67.6 Å². The van der Waals surface area contributed by atoms with Crippen molar-refractivity contribution >= 4 is 5.69 Å². The average molecular weight is 228 g/mol. The molecule has 0 spiro atoms. The van der Waals surface area contributed by atoms with Crippen molar-refractivity contribution in [3.8, 4) is 11.4 Å². The van der Waals surface area contributed by atoms with E-state index in [1.807, 2.05) is 5.10 Å². The molecule has 0 aliphatic heterocycles. The zero-order valence-corrected chi connectivity index (χ0v) is 7.92. The van der Waals surface area contributed by atoms with Crippen molar-refractivity contribution in [2.75, 3.05) is 5.73 Å². The second kappa shape index (κ2) is 3.51. The number of nitrogen functional groups attached to an aromatic ring is 1. The Morgan fingerprint density at radius 2 is 2.00 bits per heavy atom. The molecule has 2 aromatic rings. The Morgan fingerprint density at radius 3 is 2.50 bits per heavy atom. The van der Waals surface area contributed by atoms with E-state index in [1.165, 1.54) is 12.3 Å². The van der Waals surface area contributed by atoms with Crippen molar-refractivity contribution in [3.63, 3.8) is 0 Å². The Hall–Kier alpha value is -2.05. The van der Waals surface area contributed by atoms with Gasteiger partial charge in [-0.2, -0.15) is 18.3 Å². The molecule has 7 heteroatoms. The summed E-state index contributed by atoms with van der Waals surface area (Å²) < 4.78 is 37.2. The molecule has 4 nitrogen and oxygen atoms in total. The number of hydrogen-bond acceptors (Lipinski definition) is 3. The molecule has 2 aromatic heterocycles. The van der Waals surface area contributed by atoms with E-state index in [2.05, 4.69) is 10.1 Å². The first-order valence-corrected chi connectivity index (χ1v) is 4.32. The number of aromatic amines is 1. The fourth-order valence-electron chi connectivity index (χ4n) is 1.26.